The quantitative estimate of drug-likeness (QED) is 0.402. The van der Waals surface area contributed by atoms with Crippen molar-refractivity contribution in [2.24, 2.45) is 0 Å². The summed E-state index contributed by atoms with van der Waals surface area (Å²) in [6, 6.07) is 5.02. The van der Waals surface area contributed by atoms with E-state index in [2.05, 4.69) is 4.74 Å². The Labute approximate surface area is 153 Å². The van der Waals surface area contributed by atoms with Gasteiger partial charge in [0.1, 0.15) is 11.2 Å². The molecule has 27 heavy (non-hydrogen) atoms. The Bertz CT molecular complexity index is 690. The topological polar surface area (TPSA) is 72.9 Å². The molecule has 1 rings (SSSR count). The van der Waals surface area contributed by atoms with Gasteiger partial charge in [-0.05, 0) is 38.6 Å². The van der Waals surface area contributed by atoms with Crippen molar-refractivity contribution in [1.82, 2.24) is 4.90 Å². The highest BCUT2D eigenvalue weighted by molar-refractivity contribution is 5.89. The summed E-state index contributed by atoms with van der Waals surface area (Å²) < 4.78 is 58.3. The fourth-order valence-corrected chi connectivity index (χ4v) is 2.39. The molecule has 0 fully saturated rings. The number of carbonyl (C=O) groups excluding carboxylic acids is 3. The lowest BCUT2D eigenvalue weighted by molar-refractivity contribution is -0.202. The number of ether oxygens (including phenoxy) is 2. The lowest BCUT2D eigenvalue weighted by Gasteiger charge is -2.31. The molecule has 0 aliphatic rings. The smallest absolute Gasteiger partial charge is 0.465 e. The minimum atomic E-state index is -5.29. The van der Waals surface area contributed by atoms with Gasteiger partial charge in [-0.15, -0.1) is 0 Å². The van der Waals surface area contributed by atoms with Crippen molar-refractivity contribution in [2.75, 3.05) is 26.7 Å². The lowest BCUT2D eigenvalue weighted by atomic mass is 9.82. The second kappa shape index (κ2) is 8.94. The minimum Gasteiger partial charge on any atom is -0.465 e. The Balaban J connectivity index is 2.92. The molecule has 1 aromatic rings. The number of rotatable bonds is 7. The molecule has 150 valence electrons. The molecular weight excluding hydrogens is 374 g/mol. The highest BCUT2D eigenvalue weighted by atomic mass is 19.4. The van der Waals surface area contributed by atoms with Crippen molar-refractivity contribution in [3.05, 3.63) is 35.6 Å². The van der Waals surface area contributed by atoms with E-state index < -0.39 is 41.9 Å². The molecule has 0 saturated carbocycles. The van der Waals surface area contributed by atoms with Crippen LogP contribution in [0.25, 0.3) is 0 Å². The van der Waals surface area contributed by atoms with Gasteiger partial charge in [-0.1, -0.05) is 12.1 Å². The summed E-state index contributed by atoms with van der Waals surface area (Å²) in [5.74, 6) is -5.23. The number of hydrogen-bond acceptors (Lipinski definition) is 6. The maximum Gasteiger partial charge on any atom is 0.491 e. The normalized spacial score (nSPS) is 13.8. The number of nitrogens with zero attached hydrogens (tertiary/aromatic N) is 1. The number of esters is 3. The van der Waals surface area contributed by atoms with Gasteiger partial charge in [0.05, 0.1) is 13.2 Å². The van der Waals surface area contributed by atoms with Crippen LogP contribution in [0, 0.1) is 5.82 Å². The van der Waals surface area contributed by atoms with E-state index in [9.17, 15) is 31.9 Å². The largest absolute Gasteiger partial charge is 0.491 e. The van der Waals surface area contributed by atoms with Crippen molar-refractivity contribution in [3.8, 4) is 0 Å². The zero-order chi connectivity index (χ0) is 20.8. The molecule has 1 unspecified atom stereocenters. The maximum absolute atomic E-state index is 13.2. The summed E-state index contributed by atoms with van der Waals surface area (Å²) in [5.41, 5.74) is -0.957. The molecule has 0 aliphatic carbocycles. The van der Waals surface area contributed by atoms with Crippen LogP contribution >= 0.6 is 0 Å². The standard InChI is InChI=1S/C17H19F4NO5/c1-4-26-14(24)16(2,11-5-7-12(18)8-6-11)10-22(3)9-13(23)27-15(25)17(19,20)21/h5-8H,4,9-10H2,1-3H3. The summed E-state index contributed by atoms with van der Waals surface area (Å²) in [6.07, 6.45) is -5.29. The van der Waals surface area contributed by atoms with Gasteiger partial charge in [-0.2, -0.15) is 13.2 Å². The third-order valence-corrected chi connectivity index (χ3v) is 3.63. The van der Waals surface area contributed by atoms with E-state index >= 15 is 0 Å². The molecule has 0 spiro atoms. The maximum atomic E-state index is 13.2. The highest BCUT2D eigenvalue weighted by Gasteiger charge is 2.43. The zero-order valence-electron chi connectivity index (χ0n) is 14.9. The van der Waals surface area contributed by atoms with Gasteiger partial charge in [0, 0.05) is 6.54 Å². The first-order valence-corrected chi connectivity index (χ1v) is 7.83. The average Bonchev–Trinajstić information content (AvgIpc) is 2.54. The summed E-state index contributed by atoms with van der Waals surface area (Å²) in [6.45, 7) is 2.31. The van der Waals surface area contributed by atoms with Gasteiger partial charge >= 0.3 is 24.1 Å². The van der Waals surface area contributed by atoms with Gasteiger partial charge in [0.2, 0.25) is 0 Å². The zero-order valence-corrected chi connectivity index (χ0v) is 14.9. The molecule has 0 bridgehead atoms. The molecule has 0 aromatic heterocycles. The minimum absolute atomic E-state index is 0.0709. The SMILES string of the molecule is CCOC(=O)C(C)(CN(C)CC(=O)OC(=O)C(F)(F)F)c1ccc(F)cc1. The number of benzene rings is 1. The van der Waals surface area contributed by atoms with E-state index in [4.69, 9.17) is 4.74 Å². The van der Waals surface area contributed by atoms with E-state index in [0.717, 1.165) is 12.1 Å². The predicted molar refractivity (Wildman–Crippen MR) is 85.0 cm³/mol. The van der Waals surface area contributed by atoms with Crippen LogP contribution in [-0.2, 0) is 29.3 Å². The van der Waals surface area contributed by atoms with Crippen molar-refractivity contribution < 1.29 is 41.4 Å². The van der Waals surface area contributed by atoms with E-state index in [1.54, 1.807) is 6.92 Å². The van der Waals surface area contributed by atoms with Gasteiger partial charge in [-0.25, -0.2) is 9.18 Å². The summed E-state index contributed by atoms with van der Waals surface area (Å²) in [5, 5.41) is 0. The van der Waals surface area contributed by atoms with E-state index in [1.165, 1.54) is 31.0 Å². The van der Waals surface area contributed by atoms with Gasteiger partial charge < -0.3 is 9.47 Å². The first-order valence-electron chi connectivity index (χ1n) is 7.83. The monoisotopic (exact) mass is 393 g/mol. The predicted octanol–water partition coefficient (Wildman–Crippen LogP) is 2.21. The Morgan fingerprint density at radius 3 is 2.11 bits per heavy atom. The number of carbonyl (C=O) groups is 3. The van der Waals surface area contributed by atoms with Crippen LogP contribution in [0.3, 0.4) is 0 Å². The molecule has 1 aromatic carbocycles. The van der Waals surface area contributed by atoms with Gasteiger partial charge in [-0.3, -0.25) is 14.5 Å². The third-order valence-electron chi connectivity index (χ3n) is 3.63. The van der Waals surface area contributed by atoms with Crippen LogP contribution in [0.2, 0.25) is 0 Å². The van der Waals surface area contributed by atoms with Gasteiger partial charge in [0.15, 0.2) is 0 Å². The summed E-state index contributed by atoms with van der Waals surface area (Å²) in [4.78, 5) is 35.8. The Morgan fingerprint density at radius 1 is 1.07 bits per heavy atom. The fourth-order valence-electron chi connectivity index (χ4n) is 2.39. The lowest BCUT2D eigenvalue weighted by Crippen LogP contribution is -2.46. The number of likely N-dealkylation sites (N-methyl/N-ethyl adjacent to an activating group) is 1. The summed E-state index contributed by atoms with van der Waals surface area (Å²) >= 11 is 0. The number of hydrogen-bond donors (Lipinski definition) is 0. The molecule has 0 saturated heterocycles. The van der Waals surface area contributed by atoms with Crippen molar-refractivity contribution in [1.29, 1.82) is 0 Å². The average molecular weight is 393 g/mol. The van der Waals surface area contributed by atoms with Crippen LogP contribution in [0.4, 0.5) is 17.6 Å². The van der Waals surface area contributed by atoms with Crippen LogP contribution in [-0.4, -0.2) is 55.7 Å². The van der Waals surface area contributed by atoms with Crippen LogP contribution in [0.1, 0.15) is 19.4 Å². The molecule has 10 heteroatoms. The molecule has 0 radical (unpaired) electrons. The Hall–Kier alpha value is -2.49. The molecule has 0 heterocycles. The number of alkyl halides is 3. The van der Waals surface area contributed by atoms with Crippen molar-refractivity contribution >= 4 is 17.9 Å². The van der Waals surface area contributed by atoms with E-state index in [0.29, 0.717) is 5.56 Å². The molecule has 0 amide bonds. The molecule has 6 nitrogen and oxygen atoms in total. The molecule has 1 atom stereocenters. The van der Waals surface area contributed by atoms with E-state index in [1.807, 2.05) is 0 Å². The first-order chi connectivity index (χ1) is 12.4. The first kappa shape index (κ1) is 22.6. The highest BCUT2D eigenvalue weighted by Crippen LogP contribution is 2.27. The van der Waals surface area contributed by atoms with Crippen LogP contribution in [0.5, 0.6) is 0 Å². The van der Waals surface area contributed by atoms with Crippen molar-refractivity contribution in [2.45, 2.75) is 25.4 Å². The second-order valence-electron chi connectivity index (χ2n) is 5.99. The molecule has 0 N–H and O–H groups in total. The molecule has 0 aliphatic heterocycles. The number of halogens is 4. The second-order valence-corrected chi connectivity index (χ2v) is 5.99. The van der Waals surface area contributed by atoms with Crippen molar-refractivity contribution in [3.63, 3.8) is 0 Å². The van der Waals surface area contributed by atoms with E-state index in [-0.39, 0.29) is 13.2 Å². The summed E-state index contributed by atoms with van der Waals surface area (Å²) in [7, 11) is 1.35. The Kier molecular flexibility index (Phi) is 7.46. The third kappa shape index (κ3) is 6.31. The fraction of sp³-hybridized carbons (Fsp3) is 0.471. The van der Waals surface area contributed by atoms with Crippen LogP contribution in [0.15, 0.2) is 24.3 Å². The van der Waals surface area contributed by atoms with Gasteiger partial charge in [0.25, 0.3) is 0 Å². The van der Waals surface area contributed by atoms with Crippen LogP contribution < -0.4 is 0 Å². The molecular formula is C17H19F4NO5. The Morgan fingerprint density at radius 2 is 1.63 bits per heavy atom.